The molecule has 3 aromatic heterocycles. The maximum atomic E-state index is 14.3. The summed E-state index contributed by atoms with van der Waals surface area (Å²) in [5, 5.41) is 84.4. The van der Waals surface area contributed by atoms with Gasteiger partial charge in [0.2, 0.25) is 0 Å². The Hall–Kier alpha value is -5.37. The van der Waals surface area contributed by atoms with E-state index in [1.807, 2.05) is 0 Å². The van der Waals surface area contributed by atoms with Gasteiger partial charge in [-0.3, -0.25) is 19.4 Å². The van der Waals surface area contributed by atoms with E-state index in [4.69, 9.17) is 14.3 Å². The lowest BCUT2D eigenvalue weighted by molar-refractivity contribution is -0.249. The summed E-state index contributed by atoms with van der Waals surface area (Å²) in [6.45, 7) is -1.93. The Morgan fingerprint density at radius 1 is 0.788 bits per heavy atom. The number of hydroxylamine groups is 2. The summed E-state index contributed by atoms with van der Waals surface area (Å²) in [4.78, 5) is 41.6. The van der Waals surface area contributed by atoms with Crippen LogP contribution in [0.15, 0.2) is 48.5 Å². The smallest absolute Gasteiger partial charge is 0.286 e. The summed E-state index contributed by atoms with van der Waals surface area (Å²) in [5.74, 6) is -1.67. The second-order valence-electron chi connectivity index (χ2n) is 12.6. The number of aromatic amines is 1. The topological polar surface area (TPSA) is 261 Å². The zero-order valence-electron chi connectivity index (χ0n) is 27.0. The van der Waals surface area contributed by atoms with Gasteiger partial charge in [-0.2, -0.15) is 0 Å². The molecule has 0 spiro atoms. The standard InChI is InChI=1S/C35H32N4O13/c40-11-14-7-18(8-15(12-41)36-14)50-5-6-51-39-33(48)26-24-19-3-1-16(43)9-21(19)37-28(24)29-25(27(26)34(39)49)20-4-2-17(44)10-22(20)38(29)35-32(47)31(46)30(45)23(13-42)52-35/h1-4,7-10,23,30-32,35,37,40-47H,5-6,11-13H2. The Kier molecular flexibility index (Phi) is 8.24. The molecule has 9 N–H and O–H groups in total. The van der Waals surface area contributed by atoms with Crippen LogP contribution in [0, 0.1) is 0 Å². The van der Waals surface area contributed by atoms with E-state index in [9.17, 15) is 50.4 Å². The molecule has 0 bridgehead atoms. The maximum Gasteiger partial charge on any atom is 0.286 e. The number of amides is 2. The molecule has 52 heavy (non-hydrogen) atoms. The van der Waals surface area contributed by atoms with Crippen molar-refractivity contribution in [2.24, 2.45) is 0 Å². The van der Waals surface area contributed by atoms with Crippen LogP contribution in [0.5, 0.6) is 17.2 Å². The summed E-state index contributed by atoms with van der Waals surface area (Å²) in [6, 6.07) is 11.6. The Labute approximate surface area is 291 Å². The second-order valence-corrected chi connectivity index (χ2v) is 12.6. The molecule has 2 aliphatic heterocycles. The van der Waals surface area contributed by atoms with E-state index in [1.54, 1.807) is 6.07 Å². The largest absolute Gasteiger partial charge is 0.508 e. The van der Waals surface area contributed by atoms with E-state index in [-0.39, 0.29) is 80.3 Å². The first-order valence-electron chi connectivity index (χ1n) is 16.2. The van der Waals surface area contributed by atoms with Crippen LogP contribution >= 0.6 is 0 Å². The van der Waals surface area contributed by atoms with E-state index in [2.05, 4.69) is 9.97 Å². The van der Waals surface area contributed by atoms with Crippen LogP contribution in [0.25, 0.3) is 43.6 Å². The Morgan fingerprint density at radius 3 is 2.12 bits per heavy atom. The summed E-state index contributed by atoms with van der Waals surface area (Å²) < 4.78 is 13.1. The van der Waals surface area contributed by atoms with Gasteiger partial charge in [0.25, 0.3) is 11.8 Å². The molecule has 1 saturated heterocycles. The van der Waals surface area contributed by atoms with Crippen LogP contribution in [-0.2, 0) is 22.8 Å². The lowest BCUT2D eigenvalue weighted by Gasteiger charge is -2.41. The number of aliphatic hydroxyl groups is 6. The third-order valence-electron chi connectivity index (χ3n) is 9.48. The molecule has 2 aliphatic rings. The normalized spacial score (nSPS) is 22.0. The number of imide groups is 1. The maximum absolute atomic E-state index is 14.3. The lowest BCUT2D eigenvalue weighted by Crippen LogP contribution is -2.56. The molecule has 2 amide bonds. The zero-order valence-corrected chi connectivity index (χ0v) is 27.0. The van der Waals surface area contributed by atoms with Crippen molar-refractivity contribution in [2.45, 2.75) is 43.9 Å². The number of fused-ring (bicyclic) bond motifs is 10. The number of hydrogen-bond acceptors (Lipinski definition) is 14. The first-order chi connectivity index (χ1) is 25.1. The van der Waals surface area contributed by atoms with Crippen LogP contribution in [0.4, 0.5) is 0 Å². The number of H-pyrrole nitrogens is 1. The number of nitrogens with zero attached hydrogens (tertiary/aromatic N) is 3. The molecule has 0 saturated carbocycles. The van der Waals surface area contributed by atoms with Gasteiger partial charge in [-0.15, -0.1) is 5.06 Å². The number of carbonyl (C=O) groups is 2. The number of nitrogens with one attached hydrogen (secondary N) is 1. The highest BCUT2D eigenvalue weighted by Crippen LogP contribution is 2.48. The first-order valence-corrected chi connectivity index (χ1v) is 16.2. The van der Waals surface area contributed by atoms with Crippen molar-refractivity contribution in [1.29, 1.82) is 0 Å². The van der Waals surface area contributed by atoms with E-state index in [1.165, 1.54) is 47.0 Å². The molecule has 3 aromatic carbocycles. The Morgan fingerprint density at radius 2 is 1.44 bits per heavy atom. The van der Waals surface area contributed by atoms with Crippen molar-refractivity contribution in [3.05, 3.63) is 71.0 Å². The number of aromatic hydroxyl groups is 2. The van der Waals surface area contributed by atoms with Crippen LogP contribution < -0.4 is 4.74 Å². The van der Waals surface area contributed by atoms with Gasteiger partial charge in [0.1, 0.15) is 54.9 Å². The summed E-state index contributed by atoms with van der Waals surface area (Å²) in [5.41, 5.74) is 1.50. The molecule has 17 heteroatoms. The van der Waals surface area contributed by atoms with Crippen LogP contribution in [0.2, 0.25) is 0 Å². The van der Waals surface area contributed by atoms with Gasteiger partial charge in [-0.05, 0) is 24.3 Å². The third-order valence-corrected chi connectivity index (χ3v) is 9.48. The Bertz CT molecular complexity index is 2400. The highest BCUT2D eigenvalue weighted by Gasteiger charge is 2.47. The molecule has 5 unspecified atom stereocenters. The van der Waals surface area contributed by atoms with Crippen molar-refractivity contribution in [2.75, 3.05) is 19.8 Å². The SMILES string of the molecule is O=C1c2c(c3c4ccc(O)cc4n(C4OC(CO)C(O)C(O)C4O)c3c3[nH]c4cc(O)ccc4c23)C(=O)N1OCCOc1cc(CO)nc(CO)c1. The molecule has 1 fully saturated rings. The average Bonchev–Trinajstić information content (AvgIpc) is 3.75. The highest BCUT2D eigenvalue weighted by molar-refractivity contribution is 6.39. The predicted octanol–water partition coefficient (Wildman–Crippen LogP) is 0.799. The van der Waals surface area contributed by atoms with E-state index in [0.29, 0.717) is 21.4 Å². The number of benzene rings is 3. The molecule has 17 nitrogen and oxygen atoms in total. The number of phenolic OH excluding ortho intramolecular Hbond substituents is 2. The fourth-order valence-corrected chi connectivity index (χ4v) is 7.22. The minimum atomic E-state index is -1.77. The lowest BCUT2D eigenvalue weighted by atomic mass is 9.96. The van der Waals surface area contributed by atoms with Gasteiger partial charge in [0.05, 0.1) is 64.4 Å². The molecule has 0 radical (unpaired) electrons. The quantitative estimate of drug-likeness (QED) is 0.0741. The predicted molar refractivity (Wildman–Crippen MR) is 179 cm³/mol. The fraction of sp³-hybridized carbons (Fsp3) is 0.286. The number of ether oxygens (including phenoxy) is 2. The van der Waals surface area contributed by atoms with Crippen LogP contribution in [0.1, 0.15) is 38.3 Å². The van der Waals surface area contributed by atoms with E-state index in [0.717, 1.165) is 0 Å². The molecular weight excluding hydrogens is 684 g/mol. The molecular formula is C35H32N4O13. The Balaban J connectivity index is 1.30. The van der Waals surface area contributed by atoms with Gasteiger partial charge < -0.3 is 59.9 Å². The van der Waals surface area contributed by atoms with Gasteiger partial charge >= 0.3 is 0 Å². The molecule has 8 rings (SSSR count). The van der Waals surface area contributed by atoms with E-state index >= 15 is 0 Å². The summed E-state index contributed by atoms with van der Waals surface area (Å²) >= 11 is 0. The van der Waals surface area contributed by atoms with Gasteiger partial charge in [-0.25, -0.2) is 0 Å². The molecule has 270 valence electrons. The minimum Gasteiger partial charge on any atom is -0.508 e. The zero-order chi connectivity index (χ0) is 36.6. The van der Waals surface area contributed by atoms with Gasteiger partial charge in [0.15, 0.2) is 6.23 Å². The molecule has 0 aliphatic carbocycles. The number of pyridine rings is 1. The first kappa shape index (κ1) is 33.8. The van der Waals surface area contributed by atoms with Crippen LogP contribution in [-0.4, -0.2) is 117 Å². The average molecular weight is 717 g/mol. The fourth-order valence-electron chi connectivity index (χ4n) is 7.22. The van der Waals surface area contributed by atoms with Crippen LogP contribution in [0.3, 0.4) is 0 Å². The number of hydrogen-bond donors (Lipinski definition) is 9. The molecule has 5 atom stereocenters. The monoisotopic (exact) mass is 716 g/mol. The number of phenols is 2. The van der Waals surface area contributed by atoms with Gasteiger partial charge in [0, 0.05) is 45.8 Å². The number of aromatic nitrogens is 3. The highest BCUT2D eigenvalue weighted by atomic mass is 16.7. The number of rotatable bonds is 9. The minimum absolute atomic E-state index is 0.0272. The number of carbonyl (C=O) groups excluding carboxylic acids is 2. The summed E-state index contributed by atoms with van der Waals surface area (Å²) in [7, 11) is 0. The van der Waals surface area contributed by atoms with Crippen molar-refractivity contribution in [3.63, 3.8) is 0 Å². The van der Waals surface area contributed by atoms with Crippen molar-refractivity contribution >= 4 is 55.4 Å². The van der Waals surface area contributed by atoms with E-state index < -0.39 is 62.3 Å². The number of aliphatic hydroxyl groups excluding tert-OH is 6. The van der Waals surface area contributed by atoms with Crippen molar-refractivity contribution < 1.29 is 64.8 Å². The third kappa shape index (κ3) is 5.06. The molecule has 6 aromatic rings. The molecule has 5 heterocycles. The van der Waals surface area contributed by atoms with Crippen molar-refractivity contribution in [1.82, 2.24) is 19.6 Å². The summed E-state index contributed by atoms with van der Waals surface area (Å²) in [6.07, 6.45) is -7.99. The van der Waals surface area contributed by atoms with Gasteiger partial charge in [-0.1, -0.05) is 0 Å². The second kappa shape index (κ2) is 12.7. The van der Waals surface area contributed by atoms with Crippen molar-refractivity contribution in [3.8, 4) is 17.2 Å².